The predicted octanol–water partition coefficient (Wildman–Crippen LogP) is -3.30. The second-order valence-electron chi connectivity index (χ2n) is 5.33. The fourth-order valence-corrected chi connectivity index (χ4v) is 1.78. The maximum Gasteiger partial charge on any atom is 0.322 e. The number of carbonyl (C=O) groups excluding carboxylic acids is 3. The lowest BCUT2D eigenvalue weighted by Gasteiger charge is -2.17. The van der Waals surface area contributed by atoms with Crippen LogP contribution in [0.5, 0.6) is 0 Å². The first-order valence-electron chi connectivity index (χ1n) is 7.74. The summed E-state index contributed by atoms with van der Waals surface area (Å²) in [5, 5.41) is 27.7. The van der Waals surface area contributed by atoms with Crippen LogP contribution >= 0.6 is 0 Å². The summed E-state index contributed by atoms with van der Waals surface area (Å²) in [4.78, 5) is 49.1. The number of aliphatic carboxylic acids is 1. The van der Waals surface area contributed by atoms with Crippen LogP contribution in [0.3, 0.4) is 0 Å². The molecule has 0 fully saturated rings. The molecule has 14 nitrogen and oxygen atoms in total. The molecule has 2 atom stereocenters. The van der Waals surface area contributed by atoms with Gasteiger partial charge in [0, 0.05) is 6.42 Å². The highest BCUT2D eigenvalue weighted by molar-refractivity contribution is 5.89. The van der Waals surface area contributed by atoms with E-state index in [1.54, 1.807) is 0 Å². The second-order valence-corrected chi connectivity index (χ2v) is 5.33. The number of urea groups is 1. The van der Waals surface area contributed by atoms with E-state index in [9.17, 15) is 19.2 Å². The SMILES string of the molecule is NC(=O)CCC(NC(=O)NCc1nc(C(N)CO)no1)C(=O)NCC(=O)O. The maximum absolute atomic E-state index is 11.9. The topological polar surface area (TPSA) is 236 Å². The Morgan fingerprint density at radius 2 is 1.93 bits per heavy atom. The van der Waals surface area contributed by atoms with Gasteiger partial charge in [0.25, 0.3) is 0 Å². The van der Waals surface area contributed by atoms with Gasteiger partial charge in [0.05, 0.1) is 19.2 Å². The molecule has 0 aliphatic rings. The van der Waals surface area contributed by atoms with Crippen molar-refractivity contribution < 1.29 is 33.9 Å². The minimum absolute atomic E-state index is 0.00747. The number of carbonyl (C=O) groups is 4. The molecule has 1 aromatic rings. The molecule has 27 heavy (non-hydrogen) atoms. The molecule has 0 aromatic carbocycles. The first kappa shape index (κ1) is 21.8. The van der Waals surface area contributed by atoms with Crippen molar-refractivity contribution in [1.82, 2.24) is 26.1 Å². The van der Waals surface area contributed by atoms with Gasteiger partial charge in [-0.1, -0.05) is 5.16 Å². The summed E-state index contributed by atoms with van der Waals surface area (Å²) in [6.07, 6.45) is -0.318. The Balaban J connectivity index is 2.58. The fraction of sp³-hybridized carbons (Fsp3) is 0.538. The number of hydrogen-bond acceptors (Lipinski definition) is 9. The highest BCUT2D eigenvalue weighted by Crippen LogP contribution is 2.05. The van der Waals surface area contributed by atoms with Crippen molar-refractivity contribution in [3.8, 4) is 0 Å². The quantitative estimate of drug-likeness (QED) is 0.199. The molecule has 4 amide bonds. The average Bonchev–Trinajstić information content (AvgIpc) is 3.09. The van der Waals surface area contributed by atoms with Gasteiger partial charge < -0.3 is 42.2 Å². The molecule has 0 spiro atoms. The summed E-state index contributed by atoms with van der Waals surface area (Å²) in [7, 11) is 0. The lowest BCUT2D eigenvalue weighted by atomic mass is 10.1. The molecular formula is C13H21N7O7. The van der Waals surface area contributed by atoms with Crippen LogP contribution in [-0.2, 0) is 20.9 Å². The first-order chi connectivity index (χ1) is 12.7. The summed E-state index contributed by atoms with van der Waals surface area (Å²) >= 11 is 0. The molecule has 0 saturated heterocycles. The Morgan fingerprint density at radius 3 is 2.52 bits per heavy atom. The highest BCUT2D eigenvalue weighted by atomic mass is 16.5. The smallest absolute Gasteiger partial charge is 0.322 e. The number of aromatic nitrogens is 2. The first-order valence-corrected chi connectivity index (χ1v) is 7.74. The van der Waals surface area contributed by atoms with Crippen molar-refractivity contribution in [2.45, 2.75) is 31.5 Å². The van der Waals surface area contributed by atoms with Crippen molar-refractivity contribution in [2.24, 2.45) is 11.5 Å². The maximum atomic E-state index is 11.9. The van der Waals surface area contributed by atoms with E-state index in [-0.39, 0.29) is 37.7 Å². The fourth-order valence-electron chi connectivity index (χ4n) is 1.78. The highest BCUT2D eigenvalue weighted by Gasteiger charge is 2.22. The van der Waals surface area contributed by atoms with Gasteiger partial charge in [0.15, 0.2) is 5.82 Å². The molecule has 2 unspecified atom stereocenters. The number of amides is 4. The Hall–Kier alpha value is -3.26. The number of rotatable bonds is 11. The number of carboxylic acid groups (broad SMARTS) is 1. The van der Waals surface area contributed by atoms with Gasteiger partial charge in [-0.25, -0.2) is 4.79 Å². The minimum atomic E-state index is -1.27. The molecule has 9 N–H and O–H groups in total. The van der Waals surface area contributed by atoms with Crippen LogP contribution in [0.25, 0.3) is 0 Å². The van der Waals surface area contributed by atoms with E-state index in [4.69, 9.17) is 26.2 Å². The van der Waals surface area contributed by atoms with E-state index in [0.717, 1.165) is 0 Å². The number of hydrogen-bond donors (Lipinski definition) is 7. The molecular weight excluding hydrogens is 366 g/mol. The minimum Gasteiger partial charge on any atom is -0.480 e. The zero-order chi connectivity index (χ0) is 20.4. The molecule has 0 aliphatic heterocycles. The summed E-state index contributed by atoms with van der Waals surface area (Å²) in [5.41, 5.74) is 10.5. The van der Waals surface area contributed by atoms with Crippen molar-refractivity contribution in [1.29, 1.82) is 0 Å². The molecule has 0 bridgehead atoms. The standard InChI is InChI=1S/C13H21N7O7/c14-6(5-21)11-19-9(27-20-11)3-17-13(26)18-7(1-2-8(15)22)12(25)16-4-10(23)24/h6-7,21H,1-5,14H2,(H2,15,22)(H,16,25)(H,23,24)(H2,17,18,26). The Labute approximate surface area is 152 Å². The van der Waals surface area contributed by atoms with Crippen LogP contribution in [0, 0.1) is 0 Å². The molecule has 1 rings (SSSR count). The summed E-state index contributed by atoms with van der Waals surface area (Å²) in [6, 6.07) is -2.81. The number of nitrogens with one attached hydrogen (secondary N) is 3. The zero-order valence-corrected chi connectivity index (χ0v) is 14.2. The summed E-state index contributed by atoms with van der Waals surface area (Å²) in [6.45, 7) is -1.23. The largest absolute Gasteiger partial charge is 0.480 e. The van der Waals surface area contributed by atoms with Crippen LogP contribution in [0.1, 0.15) is 30.6 Å². The molecule has 1 heterocycles. The van der Waals surface area contributed by atoms with Crippen molar-refractivity contribution in [3.05, 3.63) is 11.7 Å². The van der Waals surface area contributed by atoms with Crippen LogP contribution in [0.4, 0.5) is 4.79 Å². The van der Waals surface area contributed by atoms with E-state index >= 15 is 0 Å². The summed E-state index contributed by atoms with van der Waals surface area (Å²) < 4.78 is 4.83. The zero-order valence-electron chi connectivity index (χ0n) is 14.2. The third-order valence-corrected chi connectivity index (χ3v) is 3.13. The molecule has 0 radical (unpaired) electrons. The molecule has 0 aliphatic carbocycles. The lowest BCUT2D eigenvalue weighted by Crippen LogP contribution is -2.51. The third kappa shape index (κ3) is 8.10. The molecule has 1 aromatic heterocycles. The number of aliphatic hydroxyl groups is 1. The van der Waals surface area contributed by atoms with E-state index in [0.29, 0.717) is 0 Å². The van der Waals surface area contributed by atoms with E-state index in [1.165, 1.54) is 0 Å². The van der Waals surface area contributed by atoms with Crippen LogP contribution in [0.15, 0.2) is 4.52 Å². The lowest BCUT2D eigenvalue weighted by molar-refractivity contribution is -0.138. The van der Waals surface area contributed by atoms with Gasteiger partial charge in [0.2, 0.25) is 17.7 Å². The molecule has 14 heteroatoms. The number of nitrogens with two attached hydrogens (primary N) is 2. The second kappa shape index (κ2) is 10.7. The van der Waals surface area contributed by atoms with E-state index in [1.807, 2.05) is 0 Å². The molecule has 150 valence electrons. The van der Waals surface area contributed by atoms with E-state index < -0.39 is 42.4 Å². The summed E-state index contributed by atoms with van der Waals surface area (Å²) in [5.74, 6) is -2.68. The van der Waals surface area contributed by atoms with Crippen LogP contribution in [-0.4, -0.2) is 63.4 Å². The Kier molecular flexibility index (Phi) is 8.61. The van der Waals surface area contributed by atoms with Gasteiger partial charge in [0.1, 0.15) is 12.6 Å². The number of aliphatic hydroxyl groups excluding tert-OH is 1. The van der Waals surface area contributed by atoms with Gasteiger partial charge in [-0.05, 0) is 6.42 Å². The van der Waals surface area contributed by atoms with Crippen LogP contribution < -0.4 is 27.4 Å². The third-order valence-electron chi connectivity index (χ3n) is 3.13. The van der Waals surface area contributed by atoms with E-state index in [2.05, 4.69) is 26.1 Å². The Bertz CT molecular complexity index is 678. The van der Waals surface area contributed by atoms with Gasteiger partial charge >= 0.3 is 12.0 Å². The number of carboxylic acids is 1. The van der Waals surface area contributed by atoms with Crippen LogP contribution in [0.2, 0.25) is 0 Å². The van der Waals surface area contributed by atoms with Crippen molar-refractivity contribution in [3.63, 3.8) is 0 Å². The average molecular weight is 387 g/mol. The number of primary amides is 1. The number of nitrogens with zero attached hydrogens (tertiary/aromatic N) is 2. The monoisotopic (exact) mass is 387 g/mol. The van der Waals surface area contributed by atoms with Gasteiger partial charge in [-0.2, -0.15) is 4.98 Å². The normalized spacial score (nSPS) is 12.7. The predicted molar refractivity (Wildman–Crippen MR) is 86.5 cm³/mol. The molecule has 0 saturated carbocycles. The van der Waals surface area contributed by atoms with Gasteiger partial charge in [-0.15, -0.1) is 0 Å². The van der Waals surface area contributed by atoms with Gasteiger partial charge in [-0.3, -0.25) is 14.4 Å². The van der Waals surface area contributed by atoms with Crippen molar-refractivity contribution >= 4 is 23.8 Å². The Morgan fingerprint density at radius 1 is 1.22 bits per heavy atom. The van der Waals surface area contributed by atoms with Crippen molar-refractivity contribution in [2.75, 3.05) is 13.2 Å².